The third-order valence-electron chi connectivity index (χ3n) is 4.99. The fourth-order valence-electron chi connectivity index (χ4n) is 3.44. The Morgan fingerprint density at radius 2 is 1.97 bits per heavy atom. The van der Waals surface area contributed by atoms with Crippen LogP contribution in [0.2, 0.25) is 0 Å². The van der Waals surface area contributed by atoms with E-state index >= 15 is 0 Å². The van der Waals surface area contributed by atoms with Crippen molar-refractivity contribution in [1.29, 1.82) is 0 Å². The van der Waals surface area contributed by atoms with Crippen LogP contribution in [0.3, 0.4) is 0 Å². The van der Waals surface area contributed by atoms with E-state index in [2.05, 4.69) is 26.4 Å². The number of rotatable bonds is 6. The average molecular weight is 416 g/mol. The van der Waals surface area contributed by atoms with Gasteiger partial charge in [-0.05, 0) is 30.5 Å². The van der Waals surface area contributed by atoms with Crippen molar-refractivity contribution >= 4 is 11.9 Å². The molecule has 2 N–H and O–H groups in total. The molecule has 0 radical (unpaired) electrons. The number of halogens is 2. The molecule has 30 heavy (non-hydrogen) atoms. The summed E-state index contributed by atoms with van der Waals surface area (Å²) in [6.45, 7) is 0.584. The van der Waals surface area contributed by atoms with E-state index in [9.17, 15) is 13.6 Å². The fourth-order valence-corrected chi connectivity index (χ4v) is 3.44. The van der Waals surface area contributed by atoms with E-state index in [1.165, 1.54) is 17.2 Å². The minimum absolute atomic E-state index is 0.0234. The lowest BCUT2D eigenvalue weighted by Gasteiger charge is -2.29. The number of carbonyl (C=O) groups excluding carboxylic acids is 1. The molecule has 0 saturated carbocycles. The molecular formula is C22H26F2N4O2. The lowest BCUT2D eigenvalue weighted by Crippen LogP contribution is -2.45. The van der Waals surface area contributed by atoms with Crippen LogP contribution in [0, 0.1) is 6.92 Å². The number of amides is 1. The molecule has 1 aliphatic heterocycles. The number of ether oxygens (including phenoxy) is 1. The van der Waals surface area contributed by atoms with Crippen LogP contribution in [0.15, 0.2) is 47.5 Å². The highest BCUT2D eigenvalue weighted by Crippen LogP contribution is 2.22. The molecule has 0 saturated heterocycles. The quantitative estimate of drug-likeness (QED) is 0.562. The zero-order valence-corrected chi connectivity index (χ0v) is 17.1. The first-order valence-corrected chi connectivity index (χ1v) is 9.79. The summed E-state index contributed by atoms with van der Waals surface area (Å²) in [5.74, 6) is 0.497. The maximum Gasteiger partial charge on any atom is 0.387 e. The van der Waals surface area contributed by atoms with Crippen molar-refractivity contribution < 1.29 is 18.3 Å². The van der Waals surface area contributed by atoms with Gasteiger partial charge in [0, 0.05) is 32.2 Å². The Kier molecular flexibility index (Phi) is 7.21. The molecular weight excluding hydrogens is 390 g/mol. The summed E-state index contributed by atoms with van der Waals surface area (Å²) in [5, 5.41) is 6.04. The smallest absolute Gasteiger partial charge is 0.387 e. The molecule has 3 rings (SSSR count). The number of benzene rings is 2. The molecule has 0 atom stereocenters. The third kappa shape index (κ3) is 5.68. The van der Waals surface area contributed by atoms with Gasteiger partial charge >= 0.3 is 6.61 Å². The first-order valence-electron chi connectivity index (χ1n) is 9.79. The first-order chi connectivity index (χ1) is 14.5. The average Bonchev–Trinajstić information content (AvgIpc) is 2.74. The molecule has 0 unspecified atom stereocenters. The number of nitrogens with one attached hydrogen (secondary N) is 2. The molecule has 1 heterocycles. The van der Waals surface area contributed by atoms with Gasteiger partial charge < -0.3 is 20.3 Å². The Hall–Kier alpha value is -3.16. The van der Waals surface area contributed by atoms with Crippen molar-refractivity contribution in [2.45, 2.75) is 33.0 Å². The molecule has 0 spiro atoms. The number of aliphatic imine (C=N–C) groups is 1. The molecule has 8 heteroatoms. The van der Waals surface area contributed by atoms with E-state index in [4.69, 9.17) is 0 Å². The minimum atomic E-state index is -2.89. The van der Waals surface area contributed by atoms with Crippen LogP contribution in [0.4, 0.5) is 8.78 Å². The highest BCUT2D eigenvalue weighted by Gasteiger charge is 2.20. The second-order valence-electron chi connectivity index (χ2n) is 7.10. The van der Waals surface area contributed by atoms with Crippen LogP contribution >= 0.6 is 0 Å². The molecule has 0 bridgehead atoms. The van der Waals surface area contributed by atoms with Gasteiger partial charge in [0.2, 0.25) is 5.91 Å². The van der Waals surface area contributed by atoms with Gasteiger partial charge in [0.15, 0.2) is 5.96 Å². The summed E-state index contributed by atoms with van der Waals surface area (Å²) < 4.78 is 29.8. The SMILES string of the molecule is CN=C(NCC(=O)N1CCc2ccccc2C1)NCc1cc(C)ccc1OC(F)F. The summed E-state index contributed by atoms with van der Waals surface area (Å²) in [6.07, 6.45) is 0.842. The Bertz CT molecular complexity index is 918. The predicted molar refractivity (Wildman–Crippen MR) is 112 cm³/mol. The largest absolute Gasteiger partial charge is 0.434 e. The summed E-state index contributed by atoms with van der Waals surface area (Å²) in [6, 6.07) is 13.1. The number of aryl methyl sites for hydroxylation is 1. The number of hydrogen-bond acceptors (Lipinski definition) is 3. The van der Waals surface area contributed by atoms with Gasteiger partial charge in [-0.25, -0.2) is 0 Å². The minimum Gasteiger partial charge on any atom is -0.434 e. The van der Waals surface area contributed by atoms with Crippen LogP contribution < -0.4 is 15.4 Å². The summed E-state index contributed by atoms with van der Waals surface area (Å²) in [7, 11) is 1.59. The molecule has 0 aromatic heterocycles. The number of guanidine groups is 1. The van der Waals surface area contributed by atoms with Crippen molar-refractivity contribution in [3.63, 3.8) is 0 Å². The van der Waals surface area contributed by atoms with Gasteiger partial charge in [0.25, 0.3) is 0 Å². The van der Waals surface area contributed by atoms with Crippen molar-refractivity contribution in [1.82, 2.24) is 15.5 Å². The molecule has 2 aromatic rings. The van der Waals surface area contributed by atoms with E-state index in [1.54, 1.807) is 19.2 Å². The molecule has 0 fully saturated rings. The van der Waals surface area contributed by atoms with Crippen LogP contribution in [0.25, 0.3) is 0 Å². The van der Waals surface area contributed by atoms with Gasteiger partial charge in [-0.2, -0.15) is 8.78 Å². The van der Waals surface area contributed by atoms with Gasteiger partial charge in [-0.3, -0.25) is 9.79 Å². The van der Waals surface area contributed by atoms with Crippen LogP contribution in [0.5, 0.6) is 5.75 Å². The fraction of sp³-hybridized carbons (Fsp3) is 0.364. The predicted octanol–water partition coefficient (Wildman–Crippen LogP) is 2.85. The van der Waals surface area contributed by atoms with Crippen LogP contribution in [-0.2, 0) is 24.3 Å². The maximum atomic E-state index is 12.6. The molecule has 1 aliphatic rings. The van der Waals surface area contributed by atoms with Gasteiger partial charge in [0.1, 0.15) is 5.75 Å². The normalized spacial score (nSPS) is 13.8. The van der Waals surface area contributed by atoms with E-state index in [1.807, 2.05) is 30.0 Å². The molecule has 160 valence electrons. The molecule has 2 aromatic carbocycles. The Morgan fingerprint density at radius 3 is 2.70 bits per heavy atom. The monoisotopic (exact) mass is 416 g/mol. The topological polar surface area (TPSA) is 66.0 Å². The first kappa shape index (κ1) is 21.5. The number of nitrogens with zero attached hydrogens (tertiary/aromatic N) is 2. The lowest BCUT2D eigenvalue weighted by atomic mass is 10.00. The zero-order chi connectivity index (χ0) is 21.5. The van der Waals surface area contributed by atoms with E-state index in [0.29, 0.717) is 24.6 Å². The number of fused-ring (bicyclic) bond motifs is 1. The van der Waals surface area contributed by atoms with Crippen molar-refractivity contribution in [3.8, 4) is 5.75 Å². The standard InChI is InChI=1S/C22H26F2N4O2/c1-15-7-8-19(30-21(23)24)18(11-15)12-26-22(25-2)27-13-20(29)28-10-9-16-5-3-4-6-17(16)14-28/h3-8,11,21H,9-10,12-14H2,1-2H3,(H2,25,26,27). The summed E-state index contributed by atoms with van der Waals surface area (Å²) in [5.41, 5.74) is 3.96. The molecule has 1 amide bonds. The third-order valence-corrected chi connectivity index (χ3v) is 4.99. The highest BCUT2D eigenvalue weighted by atomic mass is 19.3. The van der Waals surface area contributed by atoms with Crippen molar-refractivity contribution in [3.05, 3.63) is 64.7 Å². The zero-order valence-electron chi connectivity index (χ0n) is 17.1. The molecule has 6 nitrogen and oxygen atoms in total. The summed E-state index contributed by atoms with van der Waals surface area (Å²) >= 11 is 0. The van der Waals surface area contributed by atoms with Crippen LogP contribution in [0.1, 0.15) is 22.3 Å². The van der Waals surface area contributed by atoms with E-state index in [0.717, 1.165) is 12.0 Å². The molecule has 0 aliphatic carbocycles. The summed E-state index contributed by atoms with van der Waals surface area (Å²) in [4.78, 5) is 18.5. The number of alkyl halides is 2. The van der Waals surface area contributed by atoms with Gasteiger partial charge in [0.05, 0.1) is 6.54 Å². The maximum absolute atomic E-state index is 12.6. The van der Waals surface area contributed by atoms with E-state index in [-0.39, 0.29) is 24.7 Å². The second kappa shape index (κ2) is 10.0. The Balaban J connectivity index is 1.53. The Labute approximate surface area is 174 Å². The van der Waals surface area contributed by atoms with E-state index < -0.39 is 6.61 Å². The van der Waals surface area contributed by atoms with Gasteiger partial charge in [-0.1, -0.05) is 42.0 Å². The second-order valence-corrected chi connectivity index (χ2v) is 7.10. The number of hydrogen-bond donors (Lipinski definition) is 2. The van der Waals surface area contributed by atoms with Crippen molar-refractivity contribution in [2.75, 3.05) is 20.1 Å². The lowest BCUT2D eigenvalue weighted by molar-refractivity contribution is -0.130. The van der Waals surface area contributed by atoms with Crippen LogP contribution in [-0.4, -0.2) is 43.5 Å². The number of carbonyl (C=O) groups is 1. The van der Waals surface area contributed by atoms with Crippen molar-refractivity contribution in [2.24, 2.45) is 4.99 Å². The van der Waals surface area contributed by atoms with Gasteiger partial charge in [-0.15, -0.1) is 0 Å². The Morgan fingerprint density at radius 1 is 1.20 bits per heavy atom. The highest BCUT2D eigenvalue weighted by molar-refractivity contribution is 5.86.